The molecule has 1 fully saturated rings. The van der Waals surface area contributed by atoms with Crippen LogP contribution in [0.5, 0.6) is 0 Å². The van der Waals surface area contributed by atoms with Gasteiger partial charge in [0, 0.05) is 16.6 Å². The van der Waals surface area contributed by atoms with Crippen LogP contribution >= 0.6 is 23.2 Å². The highest BCUT2D eigenvalue weighted by atomic mass is 35.5. The Morgan fingerprint density at radius 1 is 1.42 bits per heavy atom. The van der Waals surface area contributed by atoms with Crippen molar-refractivity contribution in [1.82, 2.24) is 4.90 Å². The third-order valence-electron chi connectivity index (χ3n) is 3.47. The Morgan fingerprint density at radius 2 is 2.21 bits per heavy atom. The summed E-state index contributed by atoms with van der Waals surface area (Å²) >= 11 is 12.2. The SMILES string of the molecule is COC(=O)[C@H]1CCCCN1Cc1cc(Cl)ccc1Cl. The fourth-order valence-electron chi connectivity index (χ4n) is 2.47. The molecule has 0 amide bonds. The summed E-state index contributed by atoms with van der Waals surface area (Å²) in [5.41, 5.74) is 0.949. The van der Waals surface area contributed by atoms with Crippen LogP contribution in [0.4, 0.5) is 0 Å². The van der Waals surface area contributed by atoms with Crippen LogP contribution in [0.25, 0.3) is 0 Å². The van der Waals surface area contributed by atoms with Crippen molar-refractivity contribution in [2.24, 2.45) is 0 Å². The van der Waals surface area contributed by atoms with Crippen LogP contribution in [-0.4, -0.2) is 30.6 Å². The van der Waals surface area contributed by atoms with E-state index in [1.165, 1.54) is 7.11 Å². The van der Waals surface area contributed by atoms with E-state index in [0.29, 0.717) is 16.6 Å². The Bertz CT molecular complexity index is 465. The van der Waals surface area contributed by atoms with E-state index >= 15 is 0 Å². The monoisotopic (exact) mass is 301 g/mol. The molecule has 2 rings (SSSR count). The highest BCUT2D eigenvalue weighted by Crippen LogP contribution is 2.26. The fourth-order valence-corrected chi connectivity index (χ4v) is 2.84. The van der Waals surface area contributed by atoms with Crippen LogP contribution in [-0.2, 0) is 16.1 Å². The number of hydrogen-bond donors (Lipinski definition) is 0. The lowest BCUT2D eigenvalue weighted by molar-refractivity contribution is -0.148. The average molecular weight is 302 g/mol. The number of hydrogen-bond acceptors (Lipinski definition) is 3. The van der Waals surface area contributed by atoms with Gasteiger partial charge in [-0.25, -0.2) is 0 Å². The molecular weight excluding hydrogens is 285 g/mol. The first-order valence-electron chi connectivity index (χ1n) is 6.37. The topological polar surface area (TPSA) is 29.5 Å². The molecule has 0 bridgehead atoms. The largest absolute Gasteiger partial charge is 0.468 e. The van der Waals surface area contributed by atoms with Crippen molar-refractivity contribution in [3.05, 3.63) is 33.8 Å². The van der Waals surface area contributed by atoms with Gasteiger partial charge < -0.3 is 4.74 Å². The zero-order valence-electron chi connectivity index (χ0n) is 10.9. The minimum atomic E-state index is -0.172. The first kappa shape index (κ1) is 14.6. The zero-order valence-corrected chi connectivity index (χ0v) is 12.4. The summed E-state index contributed by atoms with van der Waals surface area (Å²) in [5.74, 6) is -0.169. The number of carbonyl (C=O) groups is 1. The predicted octanol–water partition coefficient (Wildman–Crippen LogP) is 3.52. The molecule has 1 aliphatic rings. The maximum absolute atomic E-state index is 11.8. The number of piperidine rings is 1. The Kier molecular flexibility index (Phi) is 5.08. The molecule has 1 atom stereocenters. The molecule has 0 aliphatic carbocycles. The van der Waals surface area contributed by atoms with Gasteiger partial charge in [0.1, 0.15) is 6.04 Å². The lowest BCUT2D eigenvalue weighted by atomic mass is 10.0. The number of nitrogens with zero attached hydrogens (tertiary/aromatic N) is 1. The summed E-state index contributed by atoms with van der Waals surface area (Å²) in [6.07, 6.45) is 2.98. The molecule has 0 N–H and O–H groups in total. The normalized spacial score (nSPS) is 20.3. The molecule has 1 aliphatic heterocycles. The number of likely N-dealkylation sites (tertiary alicyclic amines) is 1. The van der Waals surface area contributed by atoms with Crippen molar-refractivity contribution in [1.29, 1.82) is 0 Å². The molecule has 0 unspecified atom stereocenters. The molecule has 104 valence electrons. The van der Waals surface area contributed by atoms with E-state index in [1.54, 1.807) is 12.1 Å². The Hall–Kier alpha value is -0.770. The second-order valence-electron chi connectivity index (χ2n) is 4.74. The summed E-state index contributed by atoms with van der Waals surface area (Å²) in [6, 6.07) is 5.23. The molecule has 0 saturated carbocycles. The number of rotatable bonds is 3. The van der Waals surface area contributed by atoms with Gasteiger partial charge in [0.25, 0.3) is 0 Å². The molecule has 0 aromatic heterocycles. The maximum atomic E-state index is 11.8. The quantitative estimate of drug-likeness (QED) is 0.800. The van der Waals surface area contributed by atoms with Crippen molar-refractivity contribution in [2.75, 3.05) is 13.7 Å². The molecule has 19 heavy (non-hydrogen) atoms. The van der Waals surface area contributed by atoms with Crippen molar-refractivity contribution >= 4 is 29.2 Å². The number of carbonyl (C=O) groups excluding carboxylic acids is 1. The van der Waals surface area contributed by atoms with E-state index in [4.69, 9.17) is 27.9 Å². The molecule has 5 heteroatoms. The van der Waals surface area contributed by atoms with Crippen molar-refractivity contribution < 1.29 is 9.53 Å². The van der Waals surface area contributed by atoms with Crippen LogP contribution in [0.1, 0.15) is 24.8 Å². The second kappa shape index (κ2) is 6.60. The van der Waals surface area contributed by atoms with Crippen LogP contribution < -0.4 is 0 Å². The first-order chi connectivity index (χ1) is 9.11. The van der Waals surface area contributed by atoms with E-state index in [0.717, 1.165) is 31.4 Å². The van der Waals surface area contributed by atoms with Crippen LogP contribution in [0, 0.1) is 0 Å². The summed E-state index contributed by atoms with van der Waals surface area (Å²) in [6.45, 7) is 1.50. The number of halogens is 2. The van der Waals surface area contributed by atoms with Gasteiger partial charge in [0.15, 0.2) is 0 Å². The van der Waals surface area contributed by atoms with E-state index in [2.05, 4.69) is 4.90 Å². The summed E-state index contributed by atoms with van der Waals surface area (Å²) in [5, 5.41) is 1.34. The molecule has 1 heterocycles. The number of ether oxygens (including phenoxy) is 1. The molecule has 3 nitrogen and oxygen atoms in total. The Labute approximate surface area is 123 Å². The zero-order chi connectivity index (χ0) is 13.8. The third-order valence-corrected chi connectivity index (χ3v) is 4.07. The number of methoxy groups -OCH3 is 1. The van der Waals surface area contributed by atoms with Gasteiger partial charge in [0.05, 0.1) is 7.11 Å². The molecule has 0 spiro atoms. The van der Waals surface area contributed by atoms with E-state index in [1.807, 2.05) is 6.07 Å². The fraction of sp³-hybridized carbons (Fsp3) is 0.500. The lowest BCUT2D eigenvalue weighted by Gasteiger charge is -2.33. The van der Waals surface area contributed by atoms with E-state index < -0.39 is 0 Å². The summed E-state index contributed by atoms with van der Waals surface area (Å²) < 4.78 is 4.87. The predicted molar refractivity (Wildman–Crippen MR) is 76.5 cm³/mol. The maximum Gasteiger partial charge on any atom is 0.323 e. The number of benzene rings is 1. The molecule has 1 aromatic carbocycles. The number of esters is 1. The van der Waals surface area contributed by atoms with Gasteiger partial charge in [-0.1, -0.05) is 29.6 Å². The third kappa shape index (κ3) is 3.62. The lowest BCUT2D eigenvalue weighted by Crippen LogP contribution is -2.44. The van der Waals surface area contributed by atoms with Crippen molar-refractivity contribution in [3.63, 3.8) is 0 Å². The van der Waals surface area contributed by atoms with Crippen LogP contribution in [0.2, 0.25) is 10.0 Å². The molecule has 1 saturated heterocycles. The van der Waals surface area contributed by atoms with Crippen molar-refractivity contribution in [2.45, 2.75) is 31.8 Å². The standard InChI is InChI=1S/C14H17Cl2NO2/c1-19-14(18)13-4-2-3-7-17(13)9-10-8-11(15)5-6-12(10)16/h5-6,8,13H,2-4,7,9H2,1H3/t13-/m1/s1. The average Bonchev–Trinajstić information content (AvgIpc) is 2.42. The van der Waals surface area contributed by atoms with Crippen LogP contribution in [0.15, 0.2) is 18.2 Å². The first-order valence-corrected chi connectivity index (χ1v) is 7.13. The minimum absolute atomic E-state index is 0.169. The van der Waals surface area contributed by atoms with E-state index in [-0.39, 0.29) is 12.0 Å². The van der Waals surface area contributed by atoms with Gasteiger partial charge in [-0.2, -0.15) is 0 Å². The van der Waals surface area contributed by atoms with Gasteiger partial charge in [0.2, 0.25) is 0 Å². The van der Waals surface area contributed by atoms with Gasteiger partial charge in [-0.15, -0.1) is 0 Å². The molecular formula is C14H17Cl2NO2. The highest BCUT2D eigenvalue weighted by molar-refractivity contribution is 6.33. The highest BCUT2D eigenvalue weighted by Gasteiger charge is 2.29. The smallest absolute Gasteiger partial charge is 0.323 e. The molecule has 0 radical (unpaired) electrons. The second-order valence-corrected chi connectivity index (χ2v) is 5.58. The van der Waals surface area contributed by atoms with Gasteiger partial charge in [-0.3, -0.25) is 9.69 Å². The van der Waals surface area contributed by atoms with Crippen molar-refractivity contribution in [3.8, 4) is 0 Å². The molecule has 1 aromatic rings. The summed E-state index contributed by atoms with van der Waals surface area (Å²) in [7, 11) is 1.43. The van der Waals surface area contributed by atoms with E-state index in [9.17, 15) is 4.79 Å². The summed E-state index contributed by atoms with van der Waals surface area (Å²) in [4.78, 5) is 13.9. The van der Waals surface area contributed by atoms with Gasteiger partial charge in [-0.05, 0) is 43.1 Å². The Balaban J connectivity index is 2.15. The van der Waals surface area contributed by atoms with Gasteiger partial charge >= 0.3 is 5.97 Å². The Morgan fingerprint density at radius 3 is 2.95 bits per heavy atom. The van der Waals surface area contributed by atoms with Crippen LogP contribution in [0.3, 0.4) is 0 Å². The minimum Gasteiger partial charge on any atom is -0.468 e.